The maximum Gasteiger partial charge on any atom is 0.127 e. The molecule has 0 amide bonds. The SMILES string of the molecule is CCc1cnn2c1NCCC2C1CCCC1. The van der Waals surface area contributed by atoms with E-state index in [-0.39, 0.29) is 0 Å². The van der Waals surface area contributed by atoms with Crippen LogP contribution in [0.2, 0.25) is 0 Å². The van der Waals surface area contributed by atoms with Crippen LogP contribution < -0.4 is 5.32 Å². The van der Waals surface area contributed by atoms with Crippen LogP contribution in [0, 0.1) is 5.92 Å². The van der Waals surface area contributed by atoms with E-state index in [0.29, 0.717) is 6.04 Å². The van der Waals surface area contributed by atoms with Crippen LogP contribution in [-0.2, 0) is 6.42 Å². The molecule has 0 aromatic carbocycles. The van der Waals surface area contributed by atoms with Gasteiger partial charge in [0.1, 0.15) is 5.82 Å². The monoisotopic (exact) mass is 219 g/mol. The molecule has 1 aliphatic carbocycles. The van der Waals surface area contributed by atoms with Crippen molar-refractivity contribution in [2.75, 3.05) is 11.9 Å². The van der Waals surface area contributed by atoms with E-state index in [1.54, 1.807) is 0 Å². The van der Waals surface area contributed by atoms with Crippen LogP contribution in [0.15, 0.2) is 6.20 Å². The Hall–Kier alpha value is -0.990. The molecule has 3 nitrogen and oxygen atoms in total. The fourth-order valence-electron chi connectivity index (χ4n) is 3.34. The van der Waals surface area contributed by atoms with Gasteiger partial charge in [0.15, 0.2) is 0 Å². The lowest BCUT2D eigenvalue weighted by Crippen LogP contribution is -2.28. The van der Waals surface area contributed by atoms with Crippen molar-refractivity contribution in [1.29, 1.82) is 0 Å². The fraction of sp³-hybridized carbons (Fsp3) is 0.769. The lowest BCUT2D eigenvalue weighted by Gasteiger charge is -2.30. The zero-order chi connectivity index (χ0) is 11.0. The third-order valence-corrected chi connectivity index (χ3v) is 4.24. The normalized spacial score (nSPS) is 25.4. The topological polar surface area (TPSA) is 29.9 Å². The van der Waals surface area contributed by atoms with E-state index in [9.17, 15) is 0 Å². The Morgan fingerprint density at radius 1 is 1.38 bits per heavy atom. The van der Waals surface area contributed by atoms with Crippen LogP contribution in [0.25, 0.3) is 0 Å². The third-order valence-electron chi connectivity index (χ3n) is 4.24. The summed E-state index contributed by atoms with van der Waals surface area (Å²) in [6.07, 6.45) is 10.0. The predicted octanol–water partition coefficient (Wildman–Crippen LogP) is 2.99. The third kappa shape index (κ3) is 1.53. The summed E-state index contributed by atoms with van der Waals surface area (Å²) in [4.78, 5) is 0. The van der Waals surface area contributed by atoms with Gasteiger partial charge in [-0.1, -0.05) is 19.8 Å². The van der Waals surface area contributed by atoms with E-state index in [4.69, 9.17) is 0 Å². The van der Waals surface area contributed by atoms with Crippen molar-refractivity contribution in [1.82, 2.24) is 9.78 Å². The molecule has 16 heavy (non-hydrogen) atoms. The van der Waals surface area contributed by atoms with Crippen LogP contribution in [0.4, 0.5) is 5.82 Å². The van der Waals surface area contributed by atoms with Gasteiger partial charge >= 0.3 is 0 Å². The summed E-state index contributed by atoms with van der Waals surface area (Å²) in [5.41, 5.74) is 1.38. The number of anilines is 1. The van der Waals surface area contributed by atoms with E-state index >= 15 is 0 Å². The van der Waals surface area contributed by atoms with E-state index in [1.165, 1.54) is 43.5 Å². The van der Waals surface area contributed by atoms with Crippen molar-refractivity contribution in [3.8, 4) is 0 Å². The van der Waals surface area contributed by atoms with Crippen LogP contribution in [0.5, 0.6) is 0 Å². The molecule has 1 atom stereocenters. The molecule has 0 bridgehead atoms. The summed E-state index contributed by atoms with van der Waals surface area (Å²) in [7, 11) is 0. The molecule has 0 saturated heterocycles. The molecular weight excluding hydrogens is 198 g/mol. The lowest BCUT2D eigenvalue weighted by atomic mass is 9.94. The van der Waals surface area contributed by atoms with Gasteiger partial charge in [0.2, 0.25) is 0 Å². The van der Waals surface area contributed by atoms with Crippen LogP contribution in [-0.4, -0.2) is 16.3 Å². The highest BCUT2D eigenvalue weighted by atomic mass is 15.4. The van der Waals surface area contributed by atoms with Crippen molar-refractivity contribution < 1.29 is 0 Å². The Balaban J connectivity index is 1.90. The van der Waals surface area contributed by atoms with Crippen LogP contribution in [0.1, 0.15) is 50.6 Å². The molecule has 0 radical (unpaired) electrons. The molecule has 0 spiro atoms. The molecule has 3 heteroatoms. The number of rotatable bonds is 2. The molecule has 3 rings (SSSR count). The summed E-state index contributed by atoms with van der Waals surface area (Å²) in [6, 6.07) is 0.666. The van der Waals surface area contributed by atoms with Crippen molar-refractivity contribution in [2.24, 2.45) is 5.92 Å². The van der Waals surface area contributed by atoms with Gasteiger partial charge in [-0.05, 0) is 31.6 Å². The van der Waals surface area contributed by atoms with Gasteiger partial charge in [-0.15, -0.1) is 0 Å². The molecule has 1 aromatic heterocycles. The van der Waals surface area contributed by atoms with Gasteiger partial charge in [0, 0.05) is 12.1 Å². The van der Waals surface area contributed by atoms with Crippen molar-refractivity contribution >= 4 is 5.82 Å². The summed E-state index contributed by atoms with van der Waals surface area (Å²) in [5, 5.41) is 8.12. The summed E-state index contributed by atoms with van der Waals surface area (Å²) in [6.45, 7) is 3.33. The van der Waals surface area contributed by atoms with Gasteiger partial charge in [-0.3, -0.25) is 0 Å². The van der Waals surface area contributed by atoms with E-state index < -0.39 is 0 Å². The molecule has 2 heterocycles. The fourth-order valence-corrected chi connectivity index (χ4v) is 3.34. The average molecular weight is 219 g/mol. The second kappa shape index (κ2) is 4.11. The second-order valence-corrected chi connectivity index (χ2v) is 5.14. The molecule has 1 fully saturated rings. The van der Waals surface area contributed by atoms with Crippen LogP contribution in [0.3, 0.4) is 0 Å². The van der Waals surface area contributed by atoms with Crippen LogP contribution >= 0.6 is 0 Å². The molecule has 1 saturated carbocycles. The summed E-state index contributed by atoms with van der Waals surface area (Å²) >= 11 is 0. The Morgan fingerprint density at radius 3 is 2.94 bits per heavy atom. The molecule has 88 valence electrons. The highest BCUT2D eigenvalue weighted by Crippen LogP contribution is 2.39. The van der Waals surface area contributed by atoms with Gasteiger partial charge < -0.3 is 5.32 Å². The van der Waals surface area contributed by atoms with Gasteiger partial charge in [-0.2, -0.15) is 5.10 Å². The molecular formula is C13H21N3. The highest BCUT2D eigenvalue weighted by molar-refractivity contribution is 5.45. The van der Waals surface area contributed by atoms with E-state index in [1.807, 2.05) is 0 Å². The first-order valence-electron chi connectivity index (χ1n) is 6.70. The minimum atomic E-state index is 0.666. The first-order chi connectivity index (χ1) is 7.90. The minimum Gasteiger partial charge on any atom is -0.370 e. The predicted molar refractivity (Wildman–Crippen MR) is 65.7 cm³/mol. The molecule has 1 aliphatic heterocycles. The number of nitrogens with zero attached hydrogens (tertiary/aromatic N) is 2. The first kappa shape index (κ1) is 10.2. The molecule has 2 aliphatic rings. The summed E-state index contributed by atoms with van der Waals surface area (Å²) < 4.78 is 2.28. The maximum atomic E-state index is 4.61. The van der Waals surface area contributed by atoms with Gasteiger partial charge in [0.25, 0.3) is 0 Å². The van der Waals surface area contributed by atoms with Crippen molar-refractivity contribution in [3.63, 3.8) is 0 Å². The van der Waals surface area contributed by atoms with Gasteiger partial charge in [0.05, 0.1) is 12.2 Å². The largest absolute Gasteiger partial charge is 0.370 e. The summed E-state index contributed by atoms with van der Waals surface area (Å²) in [5.74, 6) is 2.18. The van der Waals surface area contributed by atoms with E-state index in [2.05, 4.69) is 28.2 Å². The zero-order valence-electron chi connectivity index (χ0n) is 10.1. The lowest BCUT2D eigenvalue weighted by molar-refractivity contribution is 0.290. The quantitative estimate of drug-likeness (QED) is 0.828. The Labute approximate surface area is 97.2 Å². The number of aryl methyl sites for hydroxylation is 1. The standard InChI is InChI=1S/C13H21N3/c1-2-10-9-15-16-12(7-8-14-13(10)16)11-5-3-4-6-11/h9,11-12,14H,2-8H2,1H3. The first-order valence-corrected chi connectivity index (χ1v) is 6.70. The number of nitrogens with one attached hydrogen (secondary N) is 1. The smallest absolute Gasteiger partial charge is 0.127 e. The number of hydrogen-bond acceptors (Lipinski definition) is 2. The number of aromatic nitrogens is 2. The zero-order valence-corrected chi connectivity index (χ0v) is 10.1. The average Bonchev–Trinajstić information content (AvgIpc) is 2.97. The van der Waals surface area contributed by atoms with Gasteiger partial charge in [-0.25, -0.2) is 4.68 Å². The number of fused-ring (bicyclic) bond motifs is 1. The number of hydrogen-bond donors (Lipinski definition) is 1. The van der Waals surface area contributed by atoms with E-state index in [0.717, 1.165) is 18.9 Å². The highest BCUT2D eigenvalue weighted by Gasteiger charge is 2.31. The Kier molecular flexibility index (Phi) is 2.62. The Morgan fingerprint density at radius 2 is 2.19 bits per heavy atom. The van der Waals surface area contributed by atoms with Crippen molar-refractivity contribution in [3.05, 3.63) is 11.8 Å². The maximum absolute atomic E-state index is 4.61. The Bertz CT molecular complexity index is 363. The second-order valence-electron chi connectivity index (χ2n) is 5.14. The molecule has 1 N–H and O–H groups in total. The molecule has 1 unspecified atom stereocenters. The molecule has 1 aromatic rings. The minimum absolute atomic E-state index is 0.666. The van der Waals surface area contributed by atoms with Crippen molar-refractivity contribution in [2.45, 2.75) is 51.5 Å².